The number of methoxy groups -OCH3 is 1. The first-order valence-electron chi connectivity index (χ1n) is 10.1. The van der Waals surface area contributed by atoms with Crippen LogP contribution in [0.3, 0.4) is 0 Å². The first kappa shape index (κ1) is 24.9. The Morgan fingerprint density at radius 1 is 1.06 bits per heavy atom. The average Bonchev–Trinajstić information content (AvgIpc) is 2.78. The number of hydrogen-bond acceptors (Lipinski definition) is 6. The molecule has 0 aliphatic heterocycles. The normalized spacial score (nSPS) is 10.6. The molecule has 0 unspecified atom stereocenters. The van der Waals surface area contributed by atoms with Gasteiger partial charge in [0.15, 0.2) is 18.1 Å². The summed E-state index contributed by atoms with van der Waals surface area (Å²) in [7, 11) is 3.02. The number of nitrogens with zero attached hydrogens (tertiary/aromatic N) is 1. The van der Waals surface area contributed by atoms with E-state index < -0.39 is 25.1 Å². The van der Waals surface area contributed by atoms with Gasteiger partial charge >= 0.3 is 12.6 Å². The minimum Gasteiger partial charge on any atom is -0.493 e. The van der Waals surface area contributed by atoms with Gasteiger partial charge in [-0.15, -0.1) is 0 Å². The zero-order chi connectivity index (χ0) is 23.5. The number of benzene rings is 2. The van der Waals surface area contributed by atoms with Crippen LogP contribution in [0.2, 0.25) is 0 Å². The number of ether oxygens (including phenoxy) is 4. The van der Waals surface area contributed by atoms with Gasteiger partial charge in [-0.1, -0.05) is 25.5 Å². The molecule has 0 aromatic heterocycles. The second kappa shape index (κ2) is 12.5. The van der Waals surface area contributed by atoms with Crippen LogP contribution in [0.5, 0.6) is 17.2 Å². The fraction of sp³-hybridized carbons (Fsp3) is 0.391. The highest BCUT2D eigenvalue weighted by Crippen LogP contribution is 2.28. The van der Waals surface area contributed by atoms with Crippen molar-refractivity contribution in [3.8, 4) is 17.2 Å². The maximum Gasteiger partial charge on any atom is 0.387 e. The lowest BCUT2D eigenvalue weighted by Crippen LogP contribution is -2.30. The Kier molecular flexibility index (Phi) is 9.72. The summed E-state index contributed by atoms with van der Waals surface area (Å²) in [5.41, 5.74) is 0.937. The summed E-state index contributed by atoms with van der Waals surface area (Å²) in [6.07, 6.45) is 1.89. The molecule has 174 valence electrons. The fourth-order valence-electron chi connectivity index (χ4n) is 2.70. The van der Waals surface area contributed by atoms with Crippen molar-refractivity contribution in [1.29, 1.82) is 0 Å². The van der Waals surface area contributed by atoms with Crippen LogP contribution in [0.1, 0.15) is 35.7 Å². The molecule has 2 aromatic carbocycles. The van der Waals surface area contributed by atoms with Crippen molar-refractivity contribution < 1.29 is 37.3 Å². The molecule has 1 amide bonds. The largest absolute Gasteiger partial charge is 0.493 e. The molecule has 0 aliphatic carbocycles. The van der Waals surface area contributed by atoms with E-state index in [0.717, 1.165) is 12.8 Å². The SMILES string of the molecule is CCCCOc1ccc(C(=O)OCC(=O)N(C)Cc2ccc(OC(F)F)cc2)cc1OC. The second-order valence-corrected chi connectivity index (χ2v) is 6.92. The number of carbonyl (C=O) groups excluding carboxylic acids is 2. The van der Waals surface area contributed by atoms with Crippen LogP contribution >= 0.6 is 0 Å². The molecule has 0 atom stereocenters. The number of alkyl halides is 2. The Bertz CT molecular complexity index is 889. The van der Waals surface area contributed by atoms with Crippen LogP contribution < -0.4 is 14.2 Å². The summed E-state index contributed by atoms with van der Waals surface area (Å²) < 4.78 is 44.7. The molecule has 0 saturated carbocycles. The molecule has 0 heterocycles. The fourth-order valence-corrected chi connectivity index (χ4v) is 2.70. The third-order valence-electron chi connectivity index (χ3n) is 4.48. The van der Waals surface area contributed by atoms with Crippen molar-refractivity contribution in [2.24, 2.45) is 0 Å². The van der Waals surface area contributed by atoms with Crippen molar-refractivity contribution in [2.75, 3.05) is 27.4 Å². The predicted octanol–water partition coefficient (Wildman–Crippen LogP) is 4.29. The van der Waals surface area contributed by atoms with Gasteiger partial charge < -0.3 is 23.8 Å². The molecule has 0 N–H and O–H groups in total. The number of likely N-dealkylation sites (N-methyl/N-ethyl adjacent to an activating group) is 1. The maximum absolute atomic E-state index is 12.3. The van der Waals surface area contributed by atoms with Crippen LogP contribution in [0.15, 0.2) is 42.5 Å². The third kappa shape index (κ3) is 7.72. The van der Waals surface area contributed by atoms with E-state index in [2.05, 4.69) is 11.7 Å². The average molecular weight is 451 g/mol. The Morgan fingerprint density at radius 2 is 1.78 bits per heavy atom. The van der Waals surface area contributed by atoms with Crippen molar-refractivity contribution in [1.82, 2.24) is 4.90 Å². The summed E-state index contributed by atoms with van der Waals surface area (Å²) in [6.45, 7) is -0.536. The van der Waals surface area contributed by atoms with Crippen molar-refractivity contribution >= 4 is 11.9 Å². The standard InChI is InChI=1S/C23H27F2NO6/c1-4-5-12-30-19-11-8-17(13-20(19)29-3)22(28)31-15-21(27)26(2)14-16-6-9-18(10-7-16)32-23(24)25/h6-11,13,23H,4-5,12,14-15H2,1-3H3. The van der Waals surface area contributed by atoms with Gasteiger partial charge in [0.05, 0.1) is 19.3 Å². The van der Waals surface area contributed by atoms with E-state index in [1.54, 1.807) is 31.3 Å². The molecular formula is C23H27F2NO6. The van der Waals surface area contributed by atoms with E-state index in [4.69, 9.17) is 14.2 Å². The van der Waals surface area contributed by atoms with Crippen molar-refractivity contribution in [3.05, 3.63) is 53.6 Å². The molecule has 0 bridgehead atoms. The van der Waals surface area contributed by atoms with Gasteiger partial charge in [-0.25, -0.2) is 4.79 Å². The summed E-state index contributed by atoms with van der Waals surface area (Å²) in [6, 6.07) is 10.6. The minimum atomic E-state index is -2.90. The zero-order valence-electron chi connectivity index (χ0n) is 18.3. The first-order chi connectivity index (χ1) is 15.3. The van der Waals surface area contributed by atoms with Crippen molar-refractivity contribution in [3.63, 3.8) is 0 Å². The van der Waals surface area contributed by atoms with Crippen LogP contribution in [-0.2, 0) is 16.1 Å². The molecule has 0 saturated heterocycles. The van der Waals surface area contributed by atoms with E-state index in [0.29, 0.717) is 23.7 Å². The molecule has 0 spiro atoms. The molecule has 0 aliphatic rings. The van der Waals surface area contributed by atoms with Gasteiger partial charge in [-0.2, -0.15) is 8.78 Å². The molecular weight excluding hydrogens is 424 g/mol. The number of amides is 1. The smallest absolute Gasteiger partial charge is 0.387 e. The molecule has 0 fully saturated rings. The maximum atomic E-state index is 12.3. The lowest BCUT2D eigenvalue weighted by atomic mass is 10.2. The van der Waals surface area contributed by atoms with E-state index >= 15 is 0 Å². The Balaban J connectivity index is 1.88. The number of esters is 1. The molecule has 2 aromatic rings. The van der Waals surface area contributed by atoms with E-state index in [-0.39, 0.29) is 17.9 Å². The van der Waals surface area contributed by atoms with Gasteiger partial charge in [0.2, 0.25) is 0 Å². The highest BCUT2D eigenvalue weighted by Gasteiger charge is 2.16. The molecule has 9 heteroatoms. The van der Waals surface area contributed by atoms with E-state index in [1.165, 1.54) is 30.2 Å². The highest BCUT2D eigenvalue weighted by atomic mass is 19.3. The minimum absolute atomic E-state index is 0.0314. The first-order valence-corrected chi connectivity index (χ1v) is 10.1. The quantitative estimate of drug-likeness (QED) is 0.354. The number of hydrogen-bond donors (Lipinski definition) is 0. The molecule has 2 rings (SSSR count). The Hall–Kier alpha value is -3.36. The Labute approximate surface area is 185 Å². The van der Waals surface area contributed by atoms with Crippen LogP contribution in [0.4, 0.5) is 8.78 Å². The topological polar surface area (TPSA) is 74.3 Å². The number of halogens is 2. The summed E-state index contributed by atoms with van der Waals surface area (Å²) >= 11 is 0. The molecule has 32 heavy (non-hydrogen) atoms. The summed E-state index contributed by atoms with van der Waals surface area (Å²) in [5, 5.41) is 0. The second-order valence-electron chi connectivity index (χ2n) is 6.92. The number of unbranched alkanes of at least 4 members (excludes halogenated alkanes) is 1. The van der Waals surface area contributed by atoms with Gasteiger partial charge in [0.1, 0.15) is 5.75 Å². The summed E-state index contributed by atoms with van der Waals surface area (Å²) in [4.78, 5) is 26.0. The van der Waals surface area contributed by atoms with Crippen LogP contribution in [-0.4, -0.2) is 50.8 Å². The van der Waals surface area contributed by atoms with Crippen LogP contribution in [0, 0.1) is 0 Å². The zero-order valence-corrected chi connectivity index (χ0v) is 18.3. The van der Waals surface area contributed by atoms with Gasteiger partial charge in [0.25, 0.3) is 5.91 Å². The third-order valence-corrected chi connectivity index (χ3v) is 4.48. The van der Waals surface area contributed by atoms with Gasteiger partial charge in [-0.3, -0.25) is 4.79 Å². The Morgan fingerprint density at radius 3 is 2.41 bits per heavy atom. The van der Waals surface area contributed by atoms with Gasteiger partial charge in [-0.05, 0) is 42.3 Å². The number of carbonyl (C=O) groups is 2. The van der Waals surface area contributed by atoms with E-state index in [9.17, 15) is 18.4 Å². The van der Waals surface area contributed by atoms with E-state index in [1.807, 2.05) is 0 Å². The molecule has 7 nitrogen and oxygen atoms in total. The van der Waals surface area contributed by atoms with Crippen molar-refractivity contribution in [2.45, 2.75) is 32.9 Å². The number of rotatable bonds is 12. The van der Waals surface area contributed by atoms with Gasteiger partial charge in [0, 0.05) is 13.6 Å². The monoisotopic (exact) mass is 451 g/mol. The van der Waals surface area contributed by atoms with Crippen LogP contribution in [0.25, 0.3) is 0 Å². The highest BCUT2D eigenvalue weighted by molar-refractivity contribution is 5.92. The predicted molar refractivity (Wildman–Crippen MR) is 113 cm³/mol. The lowest BCUT2D eigenvalue weighted by Gasteiger charge is -2.17. The summed E-state index contributed by atoms with van der Waals surface area (Å²) in [5.74, 6) is -0.128. The molecule has 0 radical (unpaired) electrons. The lowest BCUT2D eigenvalue weighted by molar-refractivity contribution is -0.133.